The van der Waals surface area contributed by atoms with Gasteiger partial charge < -0.3 is 0 Å². The molecule has 0 fully saturated rings. The minimum absolute atomic E-state index is 0.899. The Labute approximate surface area is 83.6 Å². The summed E-state index contributed by atoms with van der Waals surface area (Å²) < 4.78 is 1.60. The first kappa shape index (κ1) is 10.4. The fourth-order valence-corrected chi connectivity index (χ4v) is 0.931. The van der Waals surface area contributed by atoms with Crippen LogP contribution in [0.2, 0.25) is 0 Å². The number of nitrogens with zero attached hydrogens (tertiary/aromatic N) is 4. The molecule has 0 saturated carbocycles. The van der Waals surface area contributed by atoms with Crippen LogP contribution in [0.5, 0.6) is 0 Å². The molecule has 0 amide bonds. The molecule has 1 aromatic heterocycles. The van der Waals surface area contributed by atoms with Crippen molar-refractivity contribution in [1.82, 2.24) is 20.2 Å². The highest BCUT2D eigenvalue weighted by molar-refractivity contribution is 5.63. The van der Waals surface area contributed by atoms with Gasteiger partial charge in [-0.3, -0.25) is 0 Å². The van der Waals surface area contributed by atoms with Gasteiger partial charge >= 0.3 is 0 Å². The number of hydrogen-bond acceptors (Lipinski definition) is 3. The molecule has 0 saturated heterocycles. The van der Waals surface area contributed by atoms with Crippen LogP contribution < -0.4 is 0 Å². The Bertz CT molecular complexity index is 367. The summed E-state index contributed by atoms with van der Waals surface area (Å²) in [7, 11) is 0. The van der Waals surface area contributed by atoms with Gasteiger partial charge in [0.25, 0.3) is 0 Å². The molecule has 0 aliphatic rings. The summed E-state index contributed by atoms with van der Waals surface area (Å²) in [6.45, 7) is 9.87. The van der Waals surface area contributed by atoms with E-state index in [-0.39, 0.29) is 0 Å². The molecular weight excluding hydrogens is 176 g/mol. The Hall–Kier alpha value is -1.71. The molecule has 1 heterocycles. The first-order valence-electron chi connectivity index (χ1n) is 4.35. The van der Waals surface area contributed by atoms with Gasteiger partial charge in [0.1, 0.15) is 6.33 Å². The summed E-state index contributed by atoms with van der Waals surface area (Å²) in [6.07, 6.45) is 5.51. The SMILES string of the molecule is C=C(C)/C(=C\C=C(C)C)n1cnnn1. The van der Waals surface area contributed by atoms with Crippen molar-refractivity contribution in [1.29, 1.82) is 0 Å². The third kappa shape index (κ3) is 2.65. The number of aromatic nitrogens is 4. The summed E-state index contributed by atoms with van der Waals surface area (Å²) in [6, 6.07) is 0. The molecule has 0 unspecified atom stereocenters. The van der Waals surface area contributed by atoms with Gasteiger partial charge in [-0.15, -0.1) is 5.10 Å². The first-order valence-corrected chi connectivity index (χ1v) is 4.35. The van der Waals surface area contributed by atoms with Crippen molar-refractivity contribution >= 4 is 5.70 Å². The molecule has 0 radical (unpaired) electrons. The molecule has 4 heteroatoms. The Morgan fingerprint density at radius 3 is 2.43 bits per heavy atom. The highest BCUT2D eigenvalue weighted by Crippen LogP contribution is 2.11. The molecule has 0 bridgehead atoms. The monoisotopic (exact) mass is 190 g/mol. The van der Waals surface area contributed by atoms with Crippen molar-refractivity contribution in [2.45, 2.75) is 20.8 Å². The normalized spacial score (nSPS) is 11.2. The molecule has 74 valence electrons. The van der Waals surface area contributed by atoms with Gasteiger partial charge in [-0.25, -0.2) is 4.68 Å². The molecule has 0 N–H and O–H groups in total. The van der Waals surface area contributed by atoms with Crippen molar-refractivity contribution < 1.29 is 0 Å². The van der Waals surface area contributed by atoms with Crippen LogP contribution in [0.3, 0.4) is 0 Å². The Balaban J connectivity index is 3.03. The maximum atomic E-state index is 3.88. The lowest BCUT2D eigenvalue weighted by Crippen LogP contribution is -1.98. The van der Waals surface area contributed by atoms with Crippen LogP contribution in [-0.4, -0.2) is 20.2 Å². The molecule has 1 aromatic rings. The van der Waals surface area contributed by atoms with Crippen LogP contribution in [0.1, 0.15) is 20.8 Å². The highest BCUT2D eigenvalue weighted by Gasteiger charge is 2.00. The molecule has 0 spiro atoms. The summed E-state index contributed by atoms with van der Waals surface area (Å²) in [4.78, 5) is 0. The average molecular weight is 190 g/mol. The number of allylic oxidation sites excluding steroid dienone is 5. The van der Waals surface area contributed by atoms with E-state index in [2.05, 4.69) is 22.1 Å². The third-order valence-electron chi connectivity index (χ3n) is 1.61. The van der Waals surface area contributed by atoms with Crippen LogP contribution in [0.4, 0.5) is 0 Å². The van der Waals surface area contributed by atoms with Crippen molar-refractivity contribution in [3.63, 3.8) is 0 Å². The molecule has 0 aliphatic heterocycles. The van der Waals surface area contributed by atoms with Gasteiger partial charge in [0.05, 0.1) is 5.70 Å². The zero-order valence-electron chi connectivity index (χ0n) is 8.73. The van der Waals surface area contributed by atoms with E-state index in [1.807, 2.05) is 32.9 Å². The average Bonchev–Trinajstić information content (AvgIpc) is 2.56. The second kappa shape index (κ2) is 4.50. The predicted molar refractivity (Wildman–Crippen MR) is 56.3 cm³/mol. The first-order chi connectivity index (χ1) is 6.61. The van der Waals surface area contributed by atoms with Gasteiger partial charge in [0.15, 0.2) is 0 Å². The third-order valence-corrected chi connectivity index (χ3v) is 1.61. The van der Waals surface area contributed by atoms with E-state index in [0.29, 0.717) is 0 Å². The van der Waals surface area contributed by atoms with E-state index in [1.54, 1.807) is 11.0 Å². The lowest BCUT2D eigenvalue weighted by Gasteiger charge is -2.03. The van der Waals surface area contributed by atoms with E-state index in [4.69, 9.17) is 0 Å². The zero-order valence-corrected chi connectivity index (χ0v) is 8.73. The lowest BCUT2D eigenvalue weighted by atomic mass is 10.2. The van der Waals surface area contributed by atoms with Crippen molar-refractivity contribution in [3.8, 4) is 0 Å². The lowest BCUT2D eigenvalue weighted by molar-refractivity contribution is 0.801. The smallest absolute Gasteiger partial charge is 0.143 e. The van der Waals surface area contributed by atoms with E-state index in [1.165, 1.54) is 5.57 Å². The Morgan fingerprint density at radius 2 is 2.00 bits per heavy atom. The van der Waals surface area contributed by atoms with Gasteiger partial charge in [-0.05, 0) is 42.8 Å². The molecule has 4 nitrogen and oxygen atoms in total. The van der Waals surface area contributed by atoms with E-state index in [0.717, 1.165) is 11.3 Å². The fourth-order valence-electron chi connectivity index (χ4n) is 0.931. The second-order valence-electron chi connectivity index (χ2n) is 3.33. The Morgan fingerprint density at radius 1 is 1.29 bits per heavy atom. The maximum Gasteiger partial charge on any atom is 0.143 e. The summed E-state index contributed by atoms with van der Waals surface area (Å²) in [5.74, 6) is 0. The zero-order chi connectivity index (χ0) is 10.6. The minimum atomic E-state index is 0.899. The number of hydrogen-bond donors (Lipinski definition) is 0. The quantitative estimate of drug-likeness (QED) is 0.685. The topological polar surface area (TPSA) is 43.6 Å². The maximum absolute atomic E-state index is 3.88. The molecule has 1 rings (SSSR count). The van der Waals surface area contributed by atoms with E-state index >= 15 is 0 Å². The molecule has 0 aromatic carbocycles. The number of rotatable bonds is 3. The predicted octanol–water partition coefficient (Wildman–Crippen LogP) is 2.06. The van der Waals surface area contributed by atoms with E-state index in [9.17, 15) is 0 Å². The second-order valence-corrected chi connectivity index (χ2v) is 3.33. The number of tetrazole rings is 1. The summed E-state index contributed by atoms with van der Waals surface area (Å²) >= 11 is 0. The standard InChI is InChI=1S/C10H14N4/c1-8(2)5-6-10(9(3)4)14-7-11-12-13-14/h5-7H,3H2,1-2,4H3/b10-6+. The van der Waals surface area contributed by atoms with Gasteiger partial charge in [-0.1, -0.05) is 18.2 Å². The van der Waals surface area contributed by atoms with Crippen LogP contribution in [0.15, 0.2) is 36.2 Å². The molecular formula is C10H14N4. The van der Waals surface area contributed by atoms with Crippen LogP contribution in [-0.2, 0) is 0 Å². The molecule has 14 heavy (non-hydrogen) atoms. The van der Waals surface area contributed by atoms with Crippen molar-refractivity contribution in [3.05, 3.63) is 36.2 Å². The minimum Gasteiger partial charge on any atom is -0.200 e. The largest absolute Gasteiger partial charge is 0.200 e. The summed E-state index contributed by atoms with van der Waals surface area (Å²) in [5, 5.41) is 11.0. The van der Waals surface area contributed by atoms with Crippen LogP contribution in [0.25, 0.3) is 5.70 Å². The van der Waals surface area contributed by atoms with Crippen LogP contribution >= 0.6 is 0 Å². The molecule has 0 atom stereocenters. The van der Waals surface area contributed by atoms with Crippen LogP contribution in [0, 0.1) is 0 Å². The van der Waals surface area contributed by atoms with E-state index < -0.39 is 0 Å². The highest BCUT2D eigenvalue weighted by atomic mass is 15.5. The molecule has 0 aliphatic carbocycles. The van der Waals surface area contributed by atoms with Gasteiger partial charge in [-0.2, -0.15) is 0 Å². The summed E-state index contributed by atoms with van der Waals surface area (Å²) in [5.41, 5.74) is 3.04. The van der Waals surface area contributed by atoms with Crippen molar-refractivity contribution in [2.75, 3.05) is 0 Å². The fraction of sp³-hybridized carbons (Fsp3) is 0.300. The Kier molecular flexibility index (Phi) is 3.34. The van der Waals surface area contributed by atoms with Gasteiger partial charge in [0.2, 0.25) is 0 Å². The van der Waals surface area contributed by atoms with Gasteiger partial charge in [0, 0.05) is 0 Å². The van der Waals surface area contributed by atoms with Crippen molar-refractivity contribution in [2.24, 2.45) is 0 Å².